The summed E-state index contributed by atoms with van der Waals surface area (Å²) in [7, 11) is 0.189. The smallest absolute Gasteiger partial charge is 0.269 e. The maximum Gasteiger partial charge on any atom is 0.269 e. The van der Waals surface area contributed by atoms with E-state index in [0.717, 1.165) is 41.9 Å². The van der Waals surface area contributed by atoms with Crippen LogP contribution in [-0.4, -0.2) is 62.7 Å². The van der Waals surface area contributed by atoms with E-state index in [0.29, 0.717) is 0 Å². The monoisotopic (exact) mass is 407 g/mol. The van der Waals surface area contributed by atoms with Crippen molar-refractivity contribution in [2.45, 2.75) is 11.8 Å². The molecule has 1 aliphatic rings. The number of hydrogen-bond donors (Lipinski definition) is 0. The number of quaternary nitrogens is 1. The zero-order chi connectivity index (χ0) is 20.9. The lowest BCUT2D eigenvalue weighted by Gasteiger charge is -2.40. The van der Waals surface area contributed by atoms with Gasteiger partial charge in [0.05, 0.1) is 50.1 Å². The average molecular weight is 407 g/mol. The van der Waals surface area contributed by atoms with Crippen molar-refractivity contribution in [1.82, 2.24) is 0 Å². The van der Waals surface area contributed by atoms with E-state index in [1.165, 1.54) is 12.1 Å². The number of piperazine rings is 1. The van der Waals surface area contributed by atoms with Gasteiger partial charge in [0.15, 0.2) is 0 Å². The average Bonchev–Trinajstić information content (AvgIpc) is 2.62. The van der Waals surface area contributed by atoms with Crippen LogP contribution in [0.4, 0.5) is 11.4 Å². The highest BCUT2D eigenvalue weighted by Gasteiger charge is 2.24. The maximum absolute atomic E-state index is 10.6. The Hall–Kier alpha value is -2.49. The number of likely N-dealkylation sites (N-methyl/N-ethyl adjacent to an activating group) is 1. The number of nitro groups is 1. The quantitative estimate of drug-likeness (QED) is 0.335. The zero-order valence-corrected chi connectivity index (χ0v) is 17.1. The van der Waals surface area contributed by atoms with E-state index in [9.17, 15) is 23.1 Å². The SMILES string of the molecule is C[N+]1(C)CCN(c2ccc([N+](=O)[O-])cc2)CC1.Cc1ccc(S(=O)(=O)[O-])cc1. The van der Waals surface area contributed by atoms with Crippen LogP contribution in [0.25, 0.3) is 0 Å². The van der Waals surface area contributed by atoms with Crippen LogP contribution in [0.2, 0.25) is 0 Å². The minimum Gasteiger partial charge on any atom is -0.744 e. The summed E-state index contributed by atoms with van der Waals surface area (Å²) in [6, 6.07) is 12.6. The summed E-state index contributed by atoms with van der Waals surface area (Å²) in [6.07, 6.45) is 0. The standard InChI is InChI=1S/C12H18N3O2.C7H8O3S/c1-15(2)9-7-13(8-10-15)11-3-5-12(6-4-11)14(16)17;1-6-2-4-7(5-3-6)11(8,9)10/h3-6H,7-10H2,1-2H3;2-5H,1H3,(H,8,9,10)/q+1;/p-1. The molecule has 28 heavy (non-hydrogen) atoms. The van der Waals surface area contributed by atoms with Gasteiger partial charge in [-0.3, -0.25) is 10.1 Å². The van der Waals surface area contributed by atoms with Gasteiger partial charge in [-0.05, 0) is 31.2 Å². The number of non-ortho nitro benzene ring substituents is 1. The van der Waals surface area contributed by atoms with Gasteiger partial charge in [-0.1, -0.05) is 17.7 Å². The summed E-state index contributed by atoms with van der Waals surface area (Å²) in [5.74, 6) is 0. The molecule has 0 amide bonds. The van der Waals surface area contributed by atoms with Crippen LogP contribution in [0.3, 0.4) is 0 Å². The largest absolute Gasteiger partial charge is 0.744 e. The molecule has 1 fully saturated rings. The van der Waals surface area contributed by atoms with Crippen LogP contribution in [0.15, 0.2) is 53.4 Å². The Morgan fingerprint density at radius 3 is 1.89 bits per heavy atom. The van der Waals surface area contributed by atoms with Gasteiger partial charge in [0.1, 0.15) is 10.1 Å². The van der Waals surface area contributed by atoms with Crippen LogP contribution in [0, 0.1) is 17.0 Å². The van der Waals surface area contributed by atoms with E-state index >= 15 is 0 Å². The van der Waals surface area contributed by atoms with Crippen LogP contribution in [0.5, 0.6) is 0 Å². The molecule has 0 bridgehead atoms. The van der Waals surface area contributed by atoms with Crippen molar-refractivity contribution in [3.05, 3.63) is 64.2 Å². The molecule has 2 aromatic rings. The molecule has 9 heteroatoms. The highest BCUT2D eigenvalue weighted by Crippen LogP contribution is 2.21. The molecular formula is C19H25N3O5S. The Morgan fingerprint density at radius 2 is 1.46 bits per heavy atom. The molecular weight excluding hydrogens is 382 g/mol. The number of aryl methyl sites for hydroxylation is 1. The molecule has 1 aliphatic heterocycles. The molecule has 0 spiro atoms. The van der Waals surface area contributed by atoms with E-state index in [4.69, 9.17) is 0 Å². The number of anilines is 1. The van der Waals surface area contributed by atoms with Crippen molar-refractivity contribution in [3.63, 3.8) is 0 Å². The number of rotatable bonds is 3. The Morgan fingerprint density at radius 1 is 0.964 bits per heavy atom. The Kier molecular flexibility index (Phi) is 6.76. The lowest BCUT2D eigenvalue weighted by molar-refractivity contribution is -0.890. The van der Waals surface area contributed by atoms with Crippen molar-refractivity contribution in [2.75, 3.05) is 45.2 Å². The molecule has 0 unspecified atom stereocenters. The molecule has 8 nitrogen and oxygen atoms in total. The van der Waals surface area contributed by atoms with Crippen molar-refractivity contribution in [2.24, 2.45) is 0 Å². The third-order valence-electron chi connectivity index (χ3n) is 4.69. The second kappa shape index (κ2) is 8.68. The van der Waals surface area contributed by atoms with Gasteiger partial charge in [-0.25, -0.2) is 8.42 Å². The molecule has 1 saturated heterocycles. The molecule has 0 N–H and O–H groups in total. The first-order valence-electron chi connectivity index (χ1n) is 8.82. The predicted molar refractivity (Wildman–Crippen MR) is 106 cm³/mol. The summed E-state index contributed by atoms with van der Waals surface area (Å²) in [6.45, 7) is 6.05. The first kappa shape index (κ1) is 21.8. The maximum atomic E-state index is 10.6. The highest BCUT2D eigenvalue weighted by molar-refractivity contribution is 7.85. The first-order valence-corrected chi connectivity index (χ1v) is 10.2. The second-order valence-electron chi connectivity index (χ2n) is 7.41. The van der Waals surface area contributed by atoms with Gasteiger partial charge < -0.3 is 13.9 Å². The van der Waals surface area contributed by atoms with Crippen molar-refractivity contribution in [3.8, 4) is 0 Å². The van der Waals surface area contributed by atoms with E-state index in [1.54, 1.807) is 24.3 Å². The fourth-order valence-corrected chi connectivity index (χ4v) is 3.22. The molecule has 152 valence electrons. The lowest BCUT2D eigenvalue weighted by Crippen LogP contribution is -2.54. The second-order valence-corrected chi connectivity index (χ2v) is 8.79. The molecule has 0 saturated carbocycles. The summed E-state index contributed by atoms with van der Waals surface area (Å²) in [5, 5.41) is 10.6. The van der Waals surface area contributed by atoms with Crippen molar-refractivity contribution in [1.29, 1.82) is 0 Å². The Bertz CT molecular complexity index is 900. The van der Waals surface area contributed by atoms with E-state index < -0.39 is 10.1 Å². The number of nitro benzene ring substituents is 1. The van der Waals surface area contributed by atoms with Gasteiger partial charge in [-0.15, -0.1) is 0 Å². The minimum atomic E-state index is -4.27. The van der Waals surface area contributed by atoms with Crippen LogP contribution in [-0.2, 0) is 10.1 Å². The predicted octanol–water partition coefficient (Wildman–Crippen LogP) is 2.39. The summed E-state index contributed by atoms with van der Waals surface area (Å²) < 4.78 is 32.2. The molecule has 1 heterocycles. The van der Waals surface area contributed by atoms with Gasteiger partial charge in [-0.2, -0.15) is 0 Å². The summed E-state index contributed by atoms with van der Waals surface area (Å²) in [5.41, 5.74) is 2.16. The third-order valence-corrected chi connectivity index (χ3v) is 5.54. The Labute approximate surface area is 165 Å². The van der Waals surface area contributed by atoms with E-state index in [-0.39, 0.29) is 15.5 Å². The molecule has 0 aromatic heterocycles. The fourth-order valence-electron chi connectivity index (χ4n) is 2.75. The molecule has 0 radical (unpaired) electrons. The van der Waals surface area contributed by atoms with E-state index in [2.05, 4.69) is 19.0 Å². The topological polar surface area (TPSA) is 104 Å². The summed E-state index contributed by atoms with van der Waals surface area (Å²) >= 11 is 0. The minimum absolute atomic E-state index is 0.155. The van der Waals surface area contributed by atoms with Crippen LogP contribution < -0.4 is 4.90 Å². The number of hydrogen-bond acceptors (Lipinski definition) is 6. The normalized spacial score (nSPS) is 16.1. The van der Waals surface area contributed by atoms with Crippen LogP contribution in [0.1, 0.15) is 5.56 Å². The molecule has 2 aromatic carbocycles. The number of nitrogens with zero attached hydrogens (tertiary/aromatic N) is 3. The van der Waals surface area contributed by atoms with Gasteiger partial charge in [0, 0.05) is 17.8 Å². The zero-order valence-electron chi connectivity index (χ0n) is 16.2. The molecule has 0 atom stereocenters. The molecule has 0 aliphatic carbocycles. The lowest BCUT2D eigenvalue weighted by atomic mass is 10.2. The summed E-state index contributed by atoms with van der Waals surface area (Å²) in [4.78, 5) is 12.3. The van der Waals surface area contributed by atoms with Crippen LogP contribution >= 0.6 is 0 Å². The first-order chi connectivity index (χ1) is 13.0. The molecule has 3 rings (SSSR count). The number of benzene rings is 2. The third kappa shape index (κ3) is 6.29. The van der Waals surface area contributed by atoms with Gasteiger partial charge >= 0.3 is 0 Å². The fraction of sp³-hybridized carbons (Fsp3) is 0.368. The highest BCUT2D eigenvalue weighted by atomic mass is 32.2. The van der Waals surface area contributed by atoms with Crippen molar-refractivity contribution < 1.29 is 22.4 Å². The van der Waals surface area contributed by atoms with Gasteiger partial charge in [0.25, 0.3) is 5.69 Å². The van der Waals surface area contributed by atoms with E-state index in [1.807, 2.05) is 19.1 Å². The Balaban J connectivity index is 0.000000221. The van der Waals surface area contributed by atoms with Gasteiger partial charge in [0.2, 0.25) is 0 Å². The van der Waals surface area contributed by atoms with Crippen molar-refractivity contribution >= 4 is 21.5 Å².